The van der Waals surface area contributed by atoms with E-state index < -0.39 is 0 Å². The summed E-state index contributed by atoms with van der Waals surface area (Å²) in [6, 6.07) is 0. The number of Topliss-reactive ketones (excluding diaryl/α,β-unsaturated/α-hetero) is 4. The maximum Gasteiger partial charge on any atom is 0.153 e. The Morgan fingerprint density at radius 3 is 1.58 bits per heavy atom. The maximum atomic E-state index is 10.7. The van der Waals surface area contributed by atoms with Gasteiger partial charge in [0.1, 0.15) is 17.3 Å². The first-order chi connectivity index (χ1) is 8.99. The molecule has 0 bridgehead atoms. The molecule has 2 saturated carbocycles. The molecule has 108 valence electrons. The lowest BCUT2D eigenvalue weighted by atomic mass is 9.98. The second-order valence-electron chi connectivity index (χ2n) is 4.30. The van der Waals surface area contributed by atoms with Crippen LogP contribution in [0.2, 0.25) is 0 Å². The Labute approximate surface area is 136 Å². The molecular weight excluding hydrogens is 448 g/mol. The van der Waals surface area contributed by atoms with Crippen LogP contribution >= 0.6 is 44.2 Å². The van der Waals surface area contributed by atoms with Crippen LogP contribution in [0.4, 0.5) is 0 Å². The largest absolute Gasteiger partial charge is 0.299 e. The highest BCUT2D eigenvalue weighted by Gasteiger charge is 2.23. The van der Waals surface area contributed by atoms with Gasteiger partial charge in [0.25, 0.3) is 0 Å². The second kappa shape index (κ2) is 10.9. The normalized spacial score (nSPS) is 23.0. The van der Waals surface area contributed by atoms with Gasteiger partial charge in [0, 0.05) is 47.5 Å². The maximum absolute atomic E-state index is 10.7. The monoisotopic (exact) mass is 460 g/mol. The average Bonchev–Trinajstić information content (AvgIpc) is 2.37. The molecule has 2 aliphatic carbocycles. The number of carbonyl (C=O) groups is 4. The van der Waals surface area contributed by atoms with E-state index in [0.29, 0.717) is 25.7 Å². The molecule has 2 rings (SSSR count). The van der Waals surface area contributed by atoms with Crippen molar-refractivity contribution in [1.82, 2.24) is 0 Å². The van der Waals surface area contributed by atoms with E-state index >= 15 is 0 Å². The van der Waals surface area contributed by atoms with E-state index in [2.05, 4.69) is 44.2 Å². The van der Waals surface area contributed by atoms with E-state index in [0.717, 1.165) is 6.42 Å². The summed E-state index contributed by atoms with van der Waals surface area (Å²) in [6.07, 6.45) is 3.57. The van der Waals surface area contributed by atoms with Crippen molar-refractivity contribution < 1.29 is 19.2 Å². The van der Waals surface area contributed by atoms with E-state index in [1.165, 1.54) is 0 Å². The minimum atomic E-state index is -0.0600. The van der Waals surface area contributed by atoms with Crippen molar-refractivity contribution in [3.8, 4) is 0 Å². The Morgan fingerprint density at radius 2 is 1.26 bits per heavy atom. The second-order valence-corrected chi connectivity index (χ2v) is 5.40. The van der Waals surface area contributed by atoms with Crippen LogP contribution in [0.15, 0.2) is 0 Å². The SMILES string of the molecule is BrBr.O=C1CCC(Br)C(=O)C1.O=C1CCCC(=O)C1. The van der Waals surface area contributed by atoms with E-state index in [9.17, 15) is 19.2 Å². The smallest absolute Gasteiger partial charge is 0.153 e. The van der Waals surface area contributed by atoms with Gasteiger partial charge in [-0.3, -0.25) is 19.2 Å². The van der Waals surface area contributed by atoms with Crippen LogP contribution in [-0.4, -0.2) is 28.0 Å². The van der Waals surface area contributed by atoms with Crippen molar-refractivity contribution >= 4 is 67.3 Å². The quantitative estimate of drug-likeness (QED) is 0.408. The molecule has 1 atom stereocenters. The van der Waals surface area contributed by atoms with Gasteiger partial charge in [-0.2, -0.15) is 0 Å². The van der Waals surface area contributed by atoms with Crippen molar-refractivity contribution in [3.63, 3.8) is 0 Å². The lowest BCUT2D eigenvalue weighted by Crippen LogP contribution is -2.24. The molecule has 2 aliphatic rings. The molecule has 1 unspecified atom stereocenters. The van der Waals surface area contributed by atoms with Crippen LogP contribution in [0.5, 0.6) is 0 Å². The van der Waals surface area contributed by atoms with E-state index in [1.54, 1.807) is 0 Å². The predicted molar refractivity (Wildman–Crippen MR) is 82.9 cm³/mol. The summed E-state index contributed by atoms with van der Waals surface area (Å²) in [5, 5.41) is 0. The summed E-state index contributed by atoms with van der Waals surface area (Å²) < 4.78 is 0. The zero-order valence-electron chi connectivity index (χ0n) is 10.3. The van der Waals surface area contributed by atoms with Crippen molar-refractivity contribution in [2.75, 3.05) is 0 Å². The molecule has 0 radical (unpaired) electrons. The topological polar surface area (TPSA) is 68.3 Å². The van der Waals surface area contributed by atoms with E-state index in [-0.39, 0.29) is 40.8 Å². The van der Waals surface area contributed by atoms with Gasteiger partial charge >= 0.3 is 0 Å². The Balaban J connectivity index is 0.000000303. The predicted octanol–water partition coefficient (Wildman–Crippen LogP) is 3.46. The Morgan fingerprint density at radius 1 is 0.789 bits per heavy atom. The third kappa shape index (κ3) is 8.81. The third-order valence-electron chi connectivity index (χ3n) is 2.70. The number of ketones is 4. The Kier molecular flexibility index (Phi) is 10.9. The molecule has 0 aromatic heterocycles. The van der Waals surface area contributed by atoms with Gasteiger partial charge in [0.2, 0.25) is 0 Å². The van der Waals surface area contributed by atoms with E-state index in [4.69, 9.17) is 0 Å². The summed E-state index contributed by atoms with van der Waals surface area (Å²) in [7, 11) is 0. The fourth-order valence-corrected chi connectivity index (χ4v) is 2.11. The molecule has 0 spiro atoms. The van der Waals surface area contributed by atoms with Crippen LogP contribution in [0.3, 0.4) is 0 Å². The molecule has 0 heterocycles. The molecule has 0 amide bonds. The number of rotatable bonds is 0. The first-order valence-electron chi connectivity index (χ1n) is 5.85. The fraction of sp³-hybridized carbons (Fsp3) is 0.667. The third-order valence-corrected chi connectivity index (χ3v) is 3.67. The number of alkyl halides is 1. The fourth-order valence-electron chi connectivity index (χ4n) is 1.72. The van der Waals surface area contributed by atoms with Crippen molar-refractivity contribution in [2.24, 2.45) is 0 Å². The summed E-state index contributed by atoms with van der Waals surface area (Å²) in [4.78, 5) is 42.2. The summed E-state index contributed by atoms with van der Waals surface area (Å²) >= 11 is 8.68. The van der Waals surface area contributed by atoms with Gasteiger partial charge in [-0.25, -0.2) is 0 Å². The zero-order valence-corrected chi connectivity index (χ0v) is 15.1. The van der Waals surface area contributed by atoms with Crippen molar-refractivity contribution in [3.05, 3.63) is 0 Å². The lowest BCUT2D eigenvalue weighted by molar-refractivity contribution is -0.130. The standard InChI is InChI=1S/C6H7BrO2.C6H8O2.Br2/c7-5-2-1-4(8)3-6(5)9;7-5-2-1-3-6(8)4-5;1-2/h5H,1-3H2;1-4H2;. The molecule has 0 saturated heterocycles. The average molecular weight is 463 g/mol. The molecule has 0 aromatic carbocycles. The molecule has 0 N–H and O–H groups in total. The minimum Gasteiger partial charge on any atom is -0.299 e. The van der Waals surface area contributed by atoms with Gasteiger partial charge in [0.15, 0.2) is 5.78 Å². The van der Waals surface area contributed by atoms with Gasteiger partial charge in [-0.05, 0) is 12.8 Å². The van der Waals surface area contributed by atoms with Gasteiger partial charge in [0.05, 0.1) is 17.7 Å². The molecule has 19 heavy (non-hydrogen) atoms. The summed E-state index contributed by atoms with van der Waals surface area (Å²) in [5.74, 6) is 0.337. The molecule has 7 heteroatoms. The number of halogens is 3. The number of hydrogen-bond acceptors (Lipinski definition) is 4. The van der Waals surface area contributed by atoms with Gasteiger partial charge in [-0.15, -0.1) is 0 Å². The number of hydrogen-bond donors (Lipinski definition) is 0. The first kappa shape index (κ1) is 19.1. The Bertz CT molecular complexity index is 341. The molecular formula is C12H15Br3O4. The highest BCUT2D eigenvalue weighted by molar-refractivity contribution is 9.93. The van der Waals surface area contributed by atoms with Crippen LogP contribution in [0.25, 0.3) is 0 Å². The summed E-state index contributed by atoms with van der Waals surface area (Å²) in [5.41, 5.74) is 0. The van der Waals surface area contributed by atoms with Crippen LogP contribution in [0, 0.1) is 0 Å². The van der Waals surface area contributed by atoms with Crippen molar-refractivity contribution in [2.45, 2.75) is 49.8 Å². The van der Waals surface area contributed by atoms with Crippen LogP contribution < -0.4 is 0 Å². The molecule has 4 nitrogen and oxygen atoms in total. The highest BCUT2D eigenvalue weighted by Crippen LogP contribution is 2.17. The highest BCUT2D eigenvalue weighted by atomic mass is 80.9. The Hall–Kier alpha value is 0.120. The lowest BCUT2D eigenvalue weighted by Gasteiger charge is -2.12. The minimum absolute atomic E-state index is 0.0336. The molecule has 2 fully saturated rings. The van der Waals surface area contributed by atoms with Crippen molar-refractivity contribution in [1.29, 1.82) is 0 Å². The first-order valence-corrected chi connectivity index (χ1v) is 10.5. The number of carbonyl (C=O) groups excluding carboxylic acids is 4. The van der Waals surface area contributed by atoms with Gasteiger partial charge in [-0.1, -0.05) is 15.9 Å². The van der Waals surface area contributed by atoms with Gasteiger partial charge < -0.3 is 0 Å². The zero-order chi connectivity index (χ0) is 14.8. The molecule has 0 aliphatic heterocycles. The van der Waals surface area contributed by atoms with E-state index in [1.807, 2.05) is 0 Å². The summed E-state index contributed by atoms with van der Waals surface area (Å²) in [6.45, 7) is 0. The molecule has 0 aromatic rings. The van der Waals surface area contributed by atoms with Crippen LogP contribution in [0.1, 0.15) is 44.9 Å². The van der Waals surface area contributed by atoms with Crippen LogP contribution in [-0.2, 0) is 19.2 Å².